The highest BCUT2D eigenvalue weighted by Crippen LogP contribution is 2.22. The first kappa shape index (κ1) is 12.6. The second-order valence-corrected chi connectivity index (χ2v) is 5.18. The molecule has 1 aliphatic rings. The van der Waals surface area contributed by atoms with Gasteiger partial charge < -0.3 is 14.7 Å². The Hall–Kier alpha value is -0.480. The van der Waals surface area contributed by atoms with Crippen LogP contribution < -0.4 is 0 Å². The zero-order valence-corrected chi connectivity index (χ0v) is 10.1. The van der Waals surface area contributed by atoms with E-state index in [1.165, 1.54) is 0 Å². The molecule has 5 heteroatoms. The van der Waals surface area contributed by atoms with Crippen LogP contribution in [0.25, 0.3) is 0 Å². The number of rotatable bonds is 2. The highest BCUT2D eigenvalue weighted by Gasteiger charge is 2.37. The third kappa shape index (κ3) is 3.54. The number of carbonyl (C=O) groups excluding carboxylic acids is 1. The van der Waals surface area contributed by atoms with Crippen molar-refractivity contribution in [2.24, 2.45) is 5.92 Å². The molecular formula is C10H18ClNO3. The lowest BCUT2D eigenvalue weighted by molar-refractivity contribution is -0.0254. The third-order valence-electron chi connectivity index (χ3n) is 2.26. The zero-order chi connectivity index (χ0) is 11.6. The van der Waals surface area contributed by atoms with E-state index in [1.54, 1.807) is 4.90 Å². The topological polar surface area (TPSA) is 49.8 Å². The minimum atomic E-state index is -0.523. The first-order valence-corrected chi connectivity index (χ1v) is 5.59. The van der Waals surface area contributed by atoms with E-state index in [-0.39, 0.29) is 17.9 Å². The van der Waals surface area contributed by atoms with Crippen LogP contribution in [-0.4, -0.2) is 46.8 Å². The molecule has 1 saturated heterocycles. The summed E-state index contributed by atoms with van der Waals surface area (Å²) in [6.07, 6.45) is -0.842. The Morgan fingerprint density at radius 1 is 1.60 bits per heavy atom. The van der Waals surface area contributed by atoms with Crippen molar-refractivity contribution in [1.82, 2.24) is 4.90 Å². The average Bonchev–Trinajstić information content (AvgIpc) is 1.97. The van der Waals surface area contributed by atoms with Crippen molar-refractivity contribution in [3.63, 3.8) is 0 Å². The Morgan fingerprint density at radius 2 is 2.13 bits per heavy atom. The molecular weight excluding hydrogens is 218 g/mol. The van der Waals surface area contributed by atoms with E-state index >= 15 is 0 Å². The molecule has 0 radical (unpaired) electrons. The first-order chi connectivity index (χ1) is 6.83. The fourth-order valence-electron chi connectivity index (χ4n) is 1.36. The van der Waals surface area contributed by atoms with Crippen LogP contribution in [0.4, 0.5) is 4.79 Å². The van der Waals surface area contributed by atoms with Crippen molar-refractivity contribution in [2.45, 2.75) is 32.5 Å². The van der Waals surface area contributed by atoms with Crippen LogP contribution in [-0.2, 0) is 4.74 Å². The van der Waals surface area contributed by atoms with Gasteiger partial charge in [0, 0.05) is 24.9 Å². The molecule has 88 valence electrons. The monoisotopic (exact) mass is 235 g/mol. The number of amides is 1. The van der Waals surface area contributed by atoms with E-state index < -0.39 is 11.7 Å². The van der Waals surface area contributed by atoms with Crippen LogP contribution in [0.2, 0.25) is 0 Å². The van der Waals surface area contributed by atoms with Gasteiger partial charge in [0.1, 0.15) is 5.60 Å². The van der Waals surface area contributed by atoms with Crippen LogP contribution in [0, 0.1) is 5.92 Å². The molecule has 4 nitrogen and oxygen atoms in total. The summed E-state index contributed by atoms with van der Waals surface area (Å²) in [7, 11) is 0. The molecule has 1 unspecified atom stereocenters. The summed E-state index contributed by atoms with van der Waals surface area (Å²) in [5.41, 5.74) is -0.465. The summed E-state index contributed by atoms with van der Waals surface area (Å²) < 4.78 is 5.18. The molecule has 1 rings (SSSR count). The minimum absolute atomic E-state index is 0.0926. The Balaban J connectivity index is 2.30. The van der Waals surface area contributed by atoms with Crippen LogP contribution in [0.1, 0.15) is 20.8 Å². The molecule has 0 spiro atoms. The van der Waals surface area contributed by atoms with Crippen molar-refractivity contribution in [3.8, 4) is 0 Å². The lowest BCUT2D eigenvalue weighted by atomic mass is 9.95. The largest absolute Gasteiger partial charge is 0.444 e. The summed E-state index contributed by atoms with van der Waals surface area (Å²) in [5, 5.41) is 9.40. The van der Waals surface area contributed by atoms with E-state index in [1.807, 2.05) is 20.8 Å². The van der Waals surface area contributed by atoms with Crippen molar-refractivity contribution in [2.75, 3.05) is 19.0 Å². The molecule has 0 aromatic rings. The number of hydrogen-bond acceptors (Lipinski definition) is 3. The molecule has 15 heavy (non-hydrogen) atoms. The summed E-state index contributed by atoms with van der Waals surface area (Å²) in [4.78, 5) is 13.1. The maximum atomic E-state index is 11.5. The van der Waals surface area contributed by atoms with Gasteiger partial charge in [0.25, 0.3) is 0 Å². The molecule has 1 amide bonds. The average molecular weight is 236 g/mol. The molecule has 0 bridgehead atoms. The van der Waals surface area contributed by atoms with Crippen LogP contribution in [0.5, 0.6) is 0 Å². The summed E-state index contributed by atoms with van der Waals surface area (Å²) in [6.45, 7) is 6.55. The smallest absolute Gasteiger partial charge is 0.410 e. The second kappa shape index (κ2) is 4.58. The van der Waals surface area contributed by atoms with E-state index in [4.69, 9.17) is 16.3 Å². The van der Waals surface area contributed by atoms with Gasteiger partial charge >= 0.3 is 6.09 Å². The summed E-state index contributed by atoms with van der Waals surface area (Å²) >= 11 is 5.51. The molecule has 0 aromatic heterocycles. The maximum Gasteiger partial charge on any atom is 0.410 e. The number of alkyl halides is 1. The molecule has 0 aromatic carbocycles. The number of aliphatic hydroxyl groups is 1. The van der Waals surface area contributed by atoms with Gasteiger partial charge in [0.2, 0.25) is 0 Å². The van der Waals surface area contributed by atoms with Crippen LogP contribution in [0.15, 0.2) is 0 Å². The molecule has 1 fully saturated rings. The third-order valence-corrected chi connectivity index (χ3v) is 2.58. The van der Waals surface area contributed by atoms with Gasteiger partial charge in [-0.15, -0.1) is 11.6 Å². The van der Waals surface area contributed by atoms with Gasteiger partial charge in [-0.05, 0) is 20.8 Å². The lowest BCUT2D eigenvalue weighted by Crippen LogP contribution is -2.55. The predicted molar refractivity (Wildman–Crippen MR) is 58.0 cm³/mol. The van der Waals surface area contributed by atoms with Crippen molar-refractivity contribution >= 4 is 17.7 Å². The number of ether oxygens (including phenoxy) is 1. The molecule has 0 aliphatic carbocycles. The standard InChI is InChI=1S/C10H18ClNO3/c1-10(2,3)15-9(14)12-5-7(6-12)8(13)4-11/h7-8,13H,4-6H2,1-3H3. The van der Waals surface area contributed by atoms with Gasteiger partial charge in [-0.1, -0.05) is 0 Å². The fraction of sp³-hybridized carbons (Fsp3) is 0.900. The predicted octanol–water partition coefficient (Wildman–Crippen LogP) is 1.45. The Kier molecular flexibility index (Phi) is 3.84. The lowest BCUT2D eigenvalue weighted by Gasteiger charge is -2.41. The number of aliphatic hydroxyl groups excluding tert-OH is 1. The molecule has 0 saturated carbocycles. The Labute approximate surface area is 95.2 Å². The van der Waals surface area contributed by atoms with Crippen LogP contribution >= 0.6 is 11.6 Å². The van der Waals surface area contributed by atoms with Crippen molar-refractivity contribution < 1.29 is 14.6 Å². The van der Waals surface area contributed by atoms with Crippen LogP contribution in [0.3, 0.4) is 0 Å². The number of carbonyl (C=O) groups is 1. The normalized spacial score (nSPS) is 19.7. The van der Waals surface area contributed by atoms with E-state index in [9.17, 15) is 9.90 Å². The Morgan fingerprint density at radius 3 is 2.53 bits per heavy atom. The van der Waals surface area contributed by atoms with Gasteiger partial charge in [0.05, 0.1) is 6.10 Å². The van der Waals surface area contributed by atoms with E-state index in [0.29, 0.717) is 13.1 Å². The first-order valence-electron chi connectivity index (χ1n) is 5.05. The summed E-state index contributed by atoms with van der Waals surface area (Å²) in [6, 6.07) is 0. The van der Waals surface area contributed by atoms with Gasteiger partial charge in [-0.3, -0.25) is 0 Å². The highest BCUT2D eigenvalue weighted by atomic mass is 35.5. The SMILES string of the molecule is CC(C)(C)OC(=O)N1CC(C(O)CCl)C1. The quantitative estimate of drug-likeness (QED) is 0.738. The van der Waals surface area contributed by atoms with E-state index in [0.717, 1.165) is 0 Å². The minimum Gasteiger partial charge on any atom is -0.444 e. The zero-order valence-electron chi connectivity index (χ0n) is 9.36. The molecule has 1 atom stereocenters. The van der Waals surface area contributed by atoms with Crippen molar-refractivity contribution in [1.29, 1.82) is 0 Å². The highest BCUT2D eigenvalue weighted by molar-refractivity contribution is 6.18. The summed E-state index contributed by atoms with van der Waals surface area (Å²) in [5.74, 6) is 0.308. The van der Waals surface area contributed by atoms with Gasteiger partial charge in [-0.2, -0.15) is 0 Å². The van der Waals surface area contributed by atoms with Gasteiger partial charge in [-0.25, -0.2) is 4.79 Å². The molecule has 1 heterocycles. The molecule has 1 aliphatic heterocycles. The number of nitrogens with zero attached hydrogens (tertiary/aromatic N) is 1. The Bertz CT molecular complexity index is 233. The molecule has 1 N–H and O–H groups in total. The second-order valence-electron chi connectivity index (χ2n) is 4.87. The number of halogens is 1. The van der Waals surface area contributed by atoms with E-state index in [2.05, 4.69) is 0 Å². The van der Waals surface area contributed by atoms with Crippen molar-refractivity contribution in [3.05, 3.63) is 0 Å². The maximum absolute atomic E-state index is 11.5. The number of likely N-dealkylation sites (tertiary alicyclic amines) is 1. The number of hydrogen-bond donors (Lipinski definition) is 1. The van der Waals surface area contributed by atoms with Gasteiger partial charge in [0.15, 0.2) is 0 Å². The fourth-order valence-corrected chi connectivity index (χ4v) is 1.61.